The highest BCUT2D eigenvalue weighted by molar-refractivity contribution is 5.87. The molecule has 1 heterocycles. The number of hydrogen-bond acceptors (Lipinski definition) is 6. The normalized spacial score (nSPS) is 15.0. The highest BCUT2D eigenvalue weighted by Crippen LogP contribution is 2.33. The molecular formula is C22H26NO6-. The van der Waals surface area contributed by atoms with Crippen molar-refractivity contribution in [1.82, 2.24) is 5.32 Å². The van der Waals surface area contributed by atoms with E-state index >= 15 is 0 Å². The molecule has 1 aromatic heterocycles. The zero-order chi connectivity index (χ0) is 21.1. The summed E-state index contributed by atoms with van der Waals surface area (Å²) in [7, 11) is 0. The predicted molar refractivity (Wildman–Crippen MR) is 106 cm³/mol. The van der Waals surface area contributed by atoms with E-state index in [0.29, 0.717) is 29.7 Å². The Kier molecular flexibility index (Phi) is 6.25. The number of carbonyl (C=O) groups is 2. The summed E-state index contributed by atoms with van der Waals surface area (Å²) in [6.07, 6.45) is 3.39. The molecule has 0 saturated heterocycles. The van der Waals surface area contributed by atoms with Gasteiger partial charge < -0.3 is 24.4 Å². The van der Waals surface area contributed by atoms with Crippen molar-refractivity contribution in [3.8, 4) is 5.75 Å². The summed E-state index contributed by atoms with van der Waals surface area (Å²) in [6.45, 7) is 5.26. The van der Waals surface area contributed by atoms with E-state index in [0.717, 1.165) is 42.2 Å². The smallest absolute Gasteiger partial charge is 0.339 e. The van der Waals surface area contributed by atoms with Gasteiger partial charge in [-0.25, -0.2) is 4.79 Å². The number of carbonyl (C=O) groups excluding carboxylic acids is 2. The van der Waals surface area contributed by atoms with Gasteiger partial charge in [0.15, 0.2) is 6.10 Å². The van der Waals surface area contributed by atoms with E-state index < -0.39 is 24.0 Å². The number of carboxylic acid groups (broad SMARTS) is 1. The molecule has 156 valence electrons. The van der Waals surface area contributed by atoms with Crippen LogP contribution in [0.3, 0.4) is 0 Å². The van der Waals surface area contributed by atoms with Gasteiger partial charge in [0.2, 0.25) is 0 Å². The van der Waals surface area contributed by atoms with Gasteiger partial charge in [0.25, 0.3) is 5.91 Å². The quantitative estimate of drug-likeness (QED) is 0.677. The molecule has 7 heteroatoms. The Morgan fingerprint density at radius 2 is 2.00 bits per heavy atom. The van der Waals surface area contributed by atoms with E-state index in [2.05, 4.69) is 5.32 Å². The van der Waals surface area contributed by atoms with Gasteiger partial charge >= 0.3 is 5.63 Å². The van der Waals surface area contributed by atoms with Crippen LogP contribution in [0.1, 0.15) is 56.2 Å². The average Bonchev–Trinajstić information content (AvgIpc) is 3.18. The molecule has 0 spiro atoms. The van der Waals surface area contributed by atoms with Crippen LogP contribution in [-0.4, -0.2) is 24.0 Å². The van der Waals surface area contributed by atoms with Crippen LogP contribution in [0, 0.1) is 6.92 Å². The first kappa shape index (κ1) is 20.9. The van der Waals surface area contributed by atoms with Crippen molar-refractivity contribution < 1.29 is 23.8 Å². The molecule has 1 aromatic carbocycles. The molecule has 1 aliphatic carbocycles. The topological polar surface area (TPSA) is 109 Å². The Labute approximate surface area is 169 Å². The molecule has 0 radical (unpaired) electrons. The molecule has 1 amide bonds. The maximum absolute atomic E-state index is 12.4. The van der Waals surface area contributed by atoms with Crippen LogP contribution in [0.25, 0.3) is 11.0 Å². The average molecular weight is 400 g/mol. The number of amides is 1. The third-order valence-electron chi connectivity index (χ3n) is 5.46. The predicted octanol–water partition coefficient (Wildman–Crippen LogP) is 1.78. The van der Waals surface area contributed by atoms with Gasteiger partial charge in [-0.1, -0.05) is 19.8 Å². The number of aliphatic carboxylic acids is 1. The van der Waals surface area contributed by atoms with Gasteiger partial charge in [-0.05, 0) is 57.2 Å². The lowest BCUT2D eigenvalue weighted by Crippen LogP contribution is -2.51. The lowest BCUT2D eigenvalue weighted by atomic mass is 10.0. The van der Waals surface area contributed by atoms with Crippen molar-refractivity contribution in [3.63, 3.8) is 0 Å². The molecule has 0 fully saturated rings. The Bertz CT molecular complexity index is 993. The molecule has 0 bridgehead atoms. The van der Waals surface area contributed by atoms with E-state index in [1.807, 2.05) is 13.0 Å². The summed E-state index contributed by atoms with van der Waals surface area (Å²) in [5.41, 5.74) is 2.57. The fourth-order valence-electron chi connectivity index (χ4n) is 3.78. The lowest BCUT2D eigenvalue weighted by Gasteiger charge is -2.23. The fourth-order valence-corrected chi connectivity index (χ4v) is 3.78. The van der Waals surface area contributed by atoms with Gasteiger partial charge in [0.05, 0.1) is 12.0 Å². The first-order valence-corrected chi connectivity index (χ1v) is 10.1. The molecule has 3 rings (SSSR count). The number of benzene rings is 1. The van der Waals surface area contributed by atoms with E-state index in [1.54, 1.807) is 19.9 Å². The number of aryl methyl sites for hydroxylation is 2. The number of rotatable bonds is 8. The molecular weight excluding hydrogens is 374 g/mol. The maximum Gasteiger partial charge on any atom is 0.339 e. The number of fused-ring (bicyclic) bond motifs is 3. The second-order valence-electron chi connectivity index (χ2n) is 7.55. The van der Waals surface area contributed by atoms with Gasteiger partial charge in [-0.2, -0.15) is 0 Å². The Hall–Kier alpha value is -2.83. The van der Waals surface area contributed by atoms with Crippen molar-refractivity contribution in [2.75, 3.05) is 0 Å². The number of hydrogen-bond donors (Lipinski definition) is 1. The largest absolute Gasteiger partial charge is 0.548 e. The van der Waals surface area contributed by atoms with Gasteiger partial charge in [-0.15, -0.1) is 0 Å². The fraction of sp³-hybridized carbons (Fsp3) is 0.500. The summed E-state index contributed by atoms with van der Waals surface area (Å²) < 4.78 is 11.3. The van der Waals surface area contributed by atoms with Crippen LogP contribution in [0.2, 0.25) is 0 Å². The van der Waals surface area contributed by atoms with Crippen molar-refractivity contribution >= 4 is 22.8 Å². The van der Waals surface area contributed by atoms with Gasteiger partial charge in [0.1, 0.15) is 11.3 Å². The minimum Gasteiger partial charge on any atom is -0.548 e. The summed E-state index contributed by atoms with van der Waals surface area (Å²) >= 11 is 0. The molecule has 2 atom stereocenters. The Morgan fingerprint density at radius 3 is 2.69 bits per heavy atom. The summed E-state index contributed by atoms with van der Waals surface area (Å²) in [4.78, 5) is 35.9. The summed E-state index contributed by atoms with van der Waals surface area (Å²) in [5.74, 6) is -1.43. The number of ether oxygens (including phenoxy) is 1. The van der Waals surface area contributed by atoms with Crippen molar-refractivity contribution in [2.45, 2.75) is 71.4 Å². The molecule has 2 aromatic rings. The highest BCUT2D eigenvalue weighted by Gasteiger charge is 2.23. The van der Waals surface area contributed by atoms with E-state index in [9.17, 15) is 19.5 Å². The SMILES string of the molecule is CCCC[C@@H](NC(=O)[C@H](C)Oc1ccc2c3c(c(=O)oc2c1C)CCC3)C(=O)[O-]. The van der Waals surface area contributed by atoms with Crippen molar-refractivity contribution in [2.24, 2.45) is 0 Å². The monoisotopic (exact) mass is 400 g/mol. The Morgan fingerprint density at radius 1 is 1.28 bits per heavy atom. The van der Waals surface area contributed by atoms with Gasteiger partial charge in [-0.3, -0.25) is 4.79 Å². The first-order chi connectivity index (χ1) is 13.8. The molecule has 0 aliphatic heterocycles. The molecule has 29 heavy (non-hydrogen) atoms. The zero-order valence-corrected chi connectivity index (χ0v) is 17.0. The van der Waals surface area contributed by atoms with Gasteiger partial charge in [0, 0.05) is 16.5 Å². The van der Waals surface area contributed by atoms with Crippen LogP contribution in [0.15, 0.2) is 21.3 Å². The van der Waals surface area contributed by atoms with Crippen molar-refractivity contribution in [1.29, 1.82) is 0 Å². The van der Waals surface area contributed by atoms with Crippen LogP contribution in [-0.2, 0) is 22.4 Å². The first-order valence-electron chi connectivity index (χ1n) is 10.1. The molecule has 1 aliphatic rings. The van der Waals surface area contributed by atoms with Crippen molar-refractivity contribution in [3.05, 3.63) is 39.2 Å². The number of unbranched alkanes of at least 4 members (excludes halogenated alkanes) is 1. The molecule has 7 nitrogen and oxygen atoms in total. The second kappa shape index (κ2) is 8.68. The van der Waals surface area contributed by atoms with E-state index in [4.69, 9.17) is 9.15 Å². The standard InChI is InChI=1S/C22H27NO6/c1-4-5-9-17(21(25)26)23-20(24)13(3)28-18-11-10-15-14-7-6-8-16(14)22(27)29-19(15)12(18)2/h10-11,13,17H,4-9H2,1-3H3,(H,23,24)(H,25,26)/p-1/t13-,17+/m0/s1. The third-order valence-corrected chi connectivity index (χ3v) is 5.46. The highest BCUT2D eigenvalue weighted by atomic mass is 16.5. The van der Waals surface area contributed by atoms with E-state index in [-0.39, 0.29) is 5.63 Å². The maximum atomic E-state index is 12.4. The number of nitrogens with one attached hydrogen (secondary N) is 1. The van der Waals surface area contributed by atoms with Crippen LogP contribution in [0.5, 0.6) is 5.75 Å². The number of carboxylic acids is 1. The van der Waals surface area contributed by atoms with Crippen LogP contribution in [0.4, 0.5) is 0 Å². The van der Waals surface area contributed by atoms with Crippen LogP contribution < -0.4 is 20.8 Å². The van der Waals surface area contributed by atoms with Crippen LogP contribution >= 0.6 is 0 Å². The molecule has 0 saturated carbocycles. The molecule has 0 unspecified atom stereocenters. The Balaban J connectivity index is 1.80. The summed E-state index contributed by atoms with van der Waals surface area (Å²) in [6, 6.07) is 2.56. The second-order valence-corrected chi connectivity index (χ2v) is 7.55. The zero-order valence-electron chi connectivity index (χ0n) is 17.0. The lowest BCUT2D eigenvalue weighted by molar-refractivity contribution is -0.308. The third kappa shape index (κ3) is 4.28. The van der Waals surface area contributed by atoms with E-state index in [1.165, 1.54) is 0 Å². The summed E-state index contributed by atoms with van der Waals surface area (Å²) in [5, 5.41) is 14.6. The molecule has 1 N–H and O–H groups in total. The minimum atomic E-state index is -1.31. The minimum absolute atomic E-state index is 0.308.